The molecule has 0 aliphatic carbocycles. The molecule has 0 aromatic rings. The largest absolute Gasteiger partial charge is 0.396 e. The summed E-state index contributed by atoms with van der Waals surface area (Å²) in [5, 5.41) is 8.42. The highest BCUT2D eigenvalue weighted by atomic mass is 16.2. The predicted molar refractivity (Wildman–Crippen MR) is 61.0 cm³/mol. The Labute approximate surface area is 84.6 Å². The zero-order chi connectivity index (χ0) is 10.4. The molecule has 0 spiro atoms. The predicted octanol–water partition coefficient (Wildman–Crippen LogP) is 4.15. The Bertz CT molecular complexity index is 54.1. The van der Waals surface area contributed by atoms with E-state index in [1.54, 1.807) is 0 Å². The molecule has 0 aliphatic heterocycles. The first-order valence-electron chi connectivity index (χ1n) is 5.94. The minimum absolute atomic E-state index is 0.367. The van der Waals surface area contributed by atoms with Crippen molar-refractivity contribution in [1.82, 2.24) is 0 Å². The topological polar surface area (TPSA) is 20.2 Å². The second kappa shape index (κ2) is 17.9. The van der Waals surface area contributed by atoms with Crippen molar-refractivity contribution >= 4 is 0 Å². The van der Waals surface area contributed by atoms with E-state index in [-0.39, 0.29) is 0 Å². The van der Waals surface area contributed by atoms with Crippen LogP contribution >= 0.6 is 0 Å². The molecular weight excluding hydrogens is 160 g/mol. The molecule has 0 bridgehead atoms. The lowest BCUT2D eigenvalue weighted by molar-refractivity contribution is 0.282. The third-order valence-corrected chi connectivity index (χ3v) is 2.01. The van der Waals surface area contributed by atoms with E-state index in [0.717, 1.165) is 6.42 Å². The van der Waals surface area contributed by atoms with Gasteiger partial charge >= 0.3 is 0 Å². The van der Waals surface area contributed by atoms with Crippen molar-refractivity contribution in [2.75, 3.05) is 6.61 Å². The Morgan fingerprint density at radius 3 is 1.46 bits per heavy atom. The number of aliphatic hydroxyl groups excluding tert-OH is 1. The SMILES string of the molecule is CCCC.CCCCCCCCO. The average Bonchev–Trinajstić information content (AvgIpc) is 2.18. The summed E-state index contributed by atoms with van der Waals surface area (Å²) in [7, 11) is 0. The van der Waals surface area contributed by atoms with Gasteiger partial charge in [-0.05, 0) is 6.42 Å². The molecule has 1 heteroatoms. The van der Waals surface area contributed by atoms with Crippen molar-refractivity contribution in [3.63, 3.8) is 0 Å². The molecule has 0 fully saturated rings. The summed E-state index contributed by atoms with van der Waals surface area (Å²) in [5.41, 5.74) is 0. The zero-order valence-electron chi connectivity index (χ0n) is 9.81. The molecule has 0 aromatic heterocycles. The van der Waals surface area contributed by atoms with Gasteiger partial charge in [-0.2, -0.15) is 0 Å². The van der Waals surface area contributed by atoms with Crippen molar-refractivity contribution in [1.29, 1.82) is 0 Å². The molecule has 1 nitrogen and oxygen atoms in total. The quantitative estimate of drug-likeness (QED) is 0.595. The third kappa shape index (κ3) is 24.5. The first kappa shape index (κ1) is 15.4. The van der Waals surface area contributed by atoms with Gasteiger partial charge in [-0.15, -0.1) is 0 Å². The van der Waals surface area contributed by atoms with Crippen LogP contribution in [0.5, 0.6) is 0 Å². The molecular formula is C12H28O. The lowest BCUT2D eigenvalue weighted by Gasteiger charge is -1.95. The van der Waals surface area contributed by atoms with Gasteiger partial charge in [-0.1, -0.05) is 65.7 Å². The van der Waals surface area contributed by atoms with Gasteiger partial charge in [0, 0.05) is 6.61 Å². The summed E-state index contributed by atoms with van der Waals surface area (Å²) in [6, 6.07) is 0. The molecule has 0 aromatic carbocycles. The van der Waals surface area contributed by atoms with Gasteiger partial charge in [0.15, 0.2) is 0 Å². The average molecular weight is 188 g/mol. The smallest absolute Gasteiger partial charge is 0.0431 e. The van der Waals surface area contributed by atoms with Crippen LogP contribution in [0.25, 0.3) is 0 Å². The van der Waals surface area contributed by atoms with Crippen LogP contribution in [0.15, 0.2) is 0 Å². The molecule has 0 unspecified atom stereocenters. The molecule has 82 valence electrons. The fourth-order valence-electron chi connectivity index (χ4n) is 0.892. The molecule has 1 N–H and O–H groups in total. The summed E-state index contributed by atoms with van der Waals surface area (Å²) in [6.45, 7) is 6.94. The molecule has 0 aliphatic rings. The van der Waals surface area contributed by atoms with Crippen molar-refractivity contribution in [3.05, 3.63) is 0 Å². The second-order valence-corrected chi connectivity index (χ2v) is 3.49. The Hall–Kier alpha value is -0.0400. The maximum atomic E-state index is 8.42. The van der Waals surface area contributed by atoms with E-state index < -0.39 is 0 Å². The summed E-state index contributed by atoms with van der Waals surface area (Å²) in [6.07, 6.45) is 10.1. The van der Waals surface area contributed by atoms with E-state index in [1.807, 2.05) is 0 Å². The van der Waals surface area contributed by atoms with Crippen LogP contribution in [0.4, 0.5) is 0 Å². The molecule has 0 saturated carbocycles. The van der Waals surface area contributed by atoms with Gasteiger partial charge in [0.2, 0.25) is 0 Å². The van der Waals surface area contributed by atoms with Crippen molar-refractivity contribution in [3.8, 4) is 0 Å². The Balaban J connectivity index is 0. The fourth-order valence-corrected chi connectivity index (χ4v) is 0.892. The van der Waals surface area contributed by atoms with E-state index in [1.165, 1.54) is 44.9 Å². The van der Waals surface area contributed by atoms with Crippen molar-refractivity contribution in [2.24, 2.45) is 0 Å². The molecule has 0 saturated heterocycles. The standard InChI is InChI=1S/C8H18O.C4H10/c1-2-3-4-5-6-7-8-9;1-3-4-2/h9H,2-8H2,1H3;3-4H2,1-2H3. The Morgan fingerprint density at radius 2 is 1.08 bits per heavy atom. The van der Waals surface area contributed by atoms with E-state index >= 15 is 0 Å². The maximum absolute atomic E-state index is 8.42. The van der Waals surface area contributed by atoms with Gasteiger partial charge in [0.25, 0.3) is 0 Å². The lowest BCUT2D eigenvalue weighted by Crippen LogP contribution is -1.82. The van der Waals surface area contributed by atoms with Gasteiger partial charge in [0.05, 0.1) is 0 Å². The molecule has 0 radical (unpaired) electrons. The van der Waals surface area contributed by atoms with Gasteiger partial charge in [-0.3, -0.25) is 0 Å². The number of rotatable bonds is 7. The fraction of sp³-hybridized carbons (Fsp3) is 1.00. The van der Waals surface area contributed by atoms with Crippen LogP contribution in [-0.2, 0) is 0 Å². The van der Waals surface area contributed by atoms with Crippen LogP contribution < -0.4 is 0 Å². The van der Waals surface area contributed by atoms with Gasteiger partial charge in [0.1, 0.15) is 0 Å². The Morgan fingerprint density at radius 1 is 0.615 bits per heavy atom. The van der Waals surface area contributed by atoms with Crippen molar-refractivity contribution in [2.45, 2.75) is 72.1 Å². The molecule has 0 heterocycles. The summed E-state index contributed by atoms with van der Waals surface area (Å²) in [5.74, 6) is 0. The highest BCUT2D eigenvalue weighted by molar-refractivity contribution is 4.41. The van der Waals surface area contributed by atoms with Crippen LogP contribution in [0.1, 0.15) is 72.1 Å². The zero-order valence-corrected chi connectivity index (χ0v) is 9.81. The van der Waals surface area contributed by atoms with Gasteiger partial charge in [-0.25, -0.2) is 0 Å². The minimum atomic E-state index is 0.367. The first-order valence-corrected chi connectivity index (χ1v) is 5.94. The Kier molecular flexibility index (Phi) is 21.2. The molecule has 0 amide bonds. The number of unbranched alkanes of at least 4 members (excludes halogenated alkanes) is 6. The number of hydrogen-bond donors (Lipinski definition) is 1. The highest BCUT2D eigenvalue weighted by Crippen LogP contribution is 2.03. The van der Waals surface area contributed by atoms with Crippen LogP contribution in [0.2, 0.25) is 0 Å². The molecule has 0 atom stereocenters. The van der Waals surface area contributed by atoms with Gasteiger partial charge < -0.3 is 5.11 Å². The second-order valence-electron chi connectivity index (χ2n) is 3.49. The van der Waals surface area contributed by atoms with Crippen LogP contribution in [0, 0.1) is 0 Å². The monoisotopic (exact) mass is 188 g/mol. The maximum Gasteiger partial charge on any atom is 0.0431 e. The number of hydrogen-bond acceptors (Lipinski definition) is 1. The van der Waals surface area contributed by atoms with E-state index in [2.05, 4.69) is 20.8 Å². The normalized spacial score (nSPS) is 9.23. The first-order chi connectivity index (χ1) is 6.33. The van der Waals surface area contributed by atoms with Crippen LogP contribution in [-0.4, -0.2) is 11.7 Å². The molecule has 0 rings (SSSR count). The van der Waals surface area contributed by atoms with E-state index in [4.69, 9.17) is 5.11 Å². The third-order valence-electron chi connectivity index (χ3n) is 2.01. The summed E-state index contributed by atoms with van der Waals surface area (Å²) >= 11 is 0. The summed E-state index contributed by atoms with van der Waals surface area (Å²) < 4.78 is 0. The van der Waals surface area contributed by atoms with Crippen molar-refractivity contribution < 1.29 is 5.11 Å². The minimum Gasteiger partial charge on any atom is -0.396 e. The van der Waals surface area contributed by atoms with E-state index in [0.29, 0.717) is 6.61 Å². The lowest BCUT2D eigenvalue weighted by atomic mass is 10.1. The van der Waals surface area contributed by atoms with Crippen LogP contribution in [0.3, 0.4) is 0 Å². The number of aliphatic hydroxyl groups is 1. The van der Waals surface area contributed by atoms with E-state index in [9.17, 15) is 0 Å². The molecule has 13 heavy (non-hydrogen) atoms. The summed E-state index contributed by atoms with van der Waals surface area (Å²) in [4.78, 5) is 0. The highest BCUT2D eigenvalue weighted by Gasteiger charge is 1.86.